The molecule has 1 aromatic heterocycles. The van der Waals surface area contributed by atoms with Gasteiger partial charge in [0.25, 0.3) is 0 Å². The molecule has 0 aliphatic heterocycles. The van der Waals surface area contributed by atoms with E-state index in [2.05, 4.69) is 4.98 Å². The van der Waals surface area contributed by atoms with E-state index >= 15 is 0 Å². The third-order valence-electron chi connectivity index (χ3n) is 4.15. The summed E-state index contributed by atoms with van der Waals surface area (Å²) in [4.78, 5) is 16.1. The van der Waals surface area contributed by atoms with Crippen molar-refractivity contribution in [1.29, 1.82) is 0 Å². The number of pyridine rings is 1. The Labute approximate surface area is 156 Å². The monoisotopic (exact) mass is 373 g/mol. The van der Waals surface area contributed by atoms with Gasteiger partial charge in [-0.3, -0.25) is 9.78 Å². The highest BCUT2D eigenvalue weighted by Crippen LogP contribution is 2.38. The molecule has 0 unspecified atom stereocenters. The van der Waals surface area contributed by atoms with E-state index in [0.717, 1.165) is 22.4 Å². The Balaban J connectivity index is 2.16. The molecular formula is C20H17Cl2NO2. The molecule has 25 heavy (non-hydrogen) atoms. The van der Waals surface area contributed by atoms with Crippen molar-refractivity contribution in [3.05, 3.63) is 68.8 Å². The Morgan fingerprint density at radius 3 is 2.40 bits per heavy atom. The number of halogens is 2. The average molecular weight is 374 g/mol. The fraction of sp³-hybridized carbons (Fsp3) is 0.200. The maximum atomic E-state index is 11.5. The van der Waals surface area contributed by atoms with E-state index in [1.54, 1.807) is 0 Å². The number of carbonyl (C=O) groups is 1. The van der Waals surface area contributed by atoms with E-state index in [1.165, 1.54) is 6.92 Å². The van der Waals surface area contributed by atoms with Gasteiger partial charge in [-0.2, -0.15) is 0 Å². The first kappa shape index (κ1) is 17.7. The highest BCUT2D eigenvalue weighted by molar-refractivity contribution is 6.37. The predicted molar refractivity (Wildman–Crippen MR) is 102 cm³/mol. The van der Waals surface area contributed by atoms with Crippen molar-refractivity contribution in [2.24, 2.45) is 0 Å². The zero-order valence-corrected chi connectivity index (χ0v) is 15.7. The summed E-state index contributed by atoms with van der Waals surface area (Å²) in [6.45, 7) is 5.14. The zero-order valence-electron chi connectivity index (χ0n) is 14.2. The molecule has 0 radical (unpaired) electrons. The highest BCUT2D eigenvalue weighted by Gasteiger charge is 2.17. The molecule has 0 aliphatic rings. The van der Waals surface area contributed by atoms with Crippen molar-refractivity contribution in [2.75, 3.05) is 0 Å². The molecule has 1 heterocycles. The second kappa shape index (κ2) is 7.03. The Bertz CT molecular complexity index is 966. The van der Waals surface area contributed by atoms with E-state index in [-0.39, 0.29) is 5.97 Å². The molecule has 3 rings (SSSR count). The number of ether oxygens (including phenoxy) is 1. The average Bonchev–Trinajstić information content (AvgIpc) is 2.56. The van der Waals surface area contributed by atoms with Crippen molar-refractivity contribution < 1.29 is 9.53 Å². The van der Waals surface area contributed by atoms with Gasteiger partial charge in [0.15, 0.2) is 0 Å². The molecule has 0 fully saturated rings. The third kappa shape index (κ3) is 3.63. The Morgan fingerprint density at radius 1 is 1.08 bits per heavy atom. The maximum absolute atomic E-state index is 11.5. The molecule has 0 atom stereocenters. The molecule has 3 aromatic rings. The third-order valence-corrected chi connectivity index (χ3v) is 4.84. The van der Waals surface area contributed by atoms with Crippen molar-refractivity contribution in [1.82, 2.24) is 4.98 Å². The molecule has 0 amide bonds. The first-order chi connectivity index (χ1) is 11.9. The minimum absolute atomic E-state index is 0.380. The molecule has 3 nitrogen and oxygen atoms in total. The van der Waals surface area contributed by atoms with E-state index < -0.39 is 0 Å². The lowest BCUT2D eigenvalue weighted by atomic mass is 10.0. The minimum Gasteiger partial charge on any atom is -0.426 e. The number of carbonyl (C=O) groups excluding carboxylic acids is 1. The lowest BCUT2D eigenvalue weighted by Crippen LogP contribution is -2.06. The quantitative estimate of drug-likeness (QED) is 0.554. The molecule has 0 saturated carbocycles. The van der Waals surface area contributed by atoms with Crippen LogP contribution in [0.5, 0.6) is 5.75 Å². The van der Waals surface area contributed by atoms with Gasteiger partial charge in [0.05, 0.1) is 15.9 Å². The van der Waals surface area contributed by atoms with Gasteiger partial charge in [-0.1, -0.05) is 41.4 Å². The molecule has 0 bridgehead atoms. The van der Waals surface area contributed by atoms with Gasteiger partial charge < -0.3 is 4.74 Å². The summed E-state index contributed by atoms with van der Waals surface area (Å²) in [5, 5.41) is 1.92. The lowest BCUT2D eigenvalue weighted by molar-refractivity contribution is -0.131. The van der Waals surface area contributed by atoms with Crippen molar-refractivity contribution in [3.63, 3.8) is 0 Å². The summed E-state index contributed by atoms with van der Waals surface area (Å²) < 4.78 is 5.46. The van der Waals surface area contributed by atoms with Crippen LogP contribution in [-0.2, 0) is 11.2 Å². The Hall–Kier alpha value is -2.10. The lowest BCUT2D eigenvalue weighted by Gasteiger charge is -2.15. The van der Waals surface area contributed by atoms with Crippen molar-refractivity contribution in [2.45, 2.75) is 27.2 Å². The van der Waals surface area contributed by atoms with Gasteiger partial charge in [0, 0.05) is 23.2 Å². The predicted octanol–water partition coefficient (Wildman–Crippen LogP) is 5.67. The van der Waals surface area contributed by atoms with E-state index in [0.29, 0.717) is 33.1 Å². The Kier molecular flexibility index (Phi) is 4.98. The summed E-state index contributed by atoms with van der Waals surface area (Å²) in [6.07, 6.45) is 0.651. The van der Waals surface area contributed by atoms with Gasteiger partial charge in [0.2, 0.25) is 0 Å². The van der Waals surface area contributed by atoms with E-state index in [1.807, 2.05) is 50.2 Å². The molecule has 0 aliphatic carbocycles. The molecule has 5 heteroatoms. The number of hydrogen-bond donors (Lipinski definition) is 0. The molecule has 0 spiro atoms. The normalized spacial score (nSPS) is 10.9. The van der Waals surface area contributed by atoms with Gasteiger partial charge in [-0.15, -0.1) is 0 Å². The number of hydrogen-bond acceptors (Lipinski definition) is 3. The number of aryl methyl sites for hydroxylation is 1. The van der Waals surface area contributed by atoms with Crippen LogP contribution in [0.25, 0.3) is 10.9 Å². The molecular weight excluding hydrogens is 357 g/mol. The second-order valence-corrected chi connectivity index (χ2v) is 6.80. The fourth-order valence-electron chi connectivity index (χ4n) is 2.76. The van der Waals surface area contributed by atoms with E-state index in [9.17, 15) is 4.79 Å². The van der Waals surface area contributed by atoms with Crippen LogP contribution in [0, 0.1) is 13.8 Å². The largest absolute Gasteiger partial charge is 0.426 e. The highest BCUT2D eigenvalue weighted by atomic mass is 35.5. The number of aromatic nitrogens is 1. The van der Waals surface area contributed by atoms with Crippen LogP contribution in [0.2, 0.25) is 10.0 Å². The number of nitrogens with zero attached hydrogens (tertiary/aromatic N) is 1. The molecule has 0 N–H and O–H groups in total. The summed E-state index contributed by atoms with van der Waals surface area (Å²) in [6, 6.07) is 11.5. The smallest absolute Gasteiger partial charge is 0.308 e. The number of rotatable bonds is 3. The first-order valence-corrected chi connectivity index (χ1v) is 8.63. The van der Waals surface area contributed by atoms with Gasteiger partial charge >= 0.3 is 5.97 Å². The van der Waals surface area contributed by atoms with E-state index in [4.69, 9.17) is 27.9 Å². The van der Waals surface area contributed by atoms with Crippen LogP contribution in [0.15, 0.2) is 36.4 Å². The summed E-state index contributed by atoms with van der Waals surface area (Å²) in [7, 11) is 0. The second-order valence-electron chi connectivity index (χ2n) is 5.98. The fourth-order valence-corrected chi connectivity index (χ4v) is 3.20. The summed E-state index contributed by atoms with van der Waals surface area (Å²) in [5.41, 5.74) is 4.37. The molecule has 2 aromatic carbocycles. The standard InChI is InChI=1S/C20H17Cl2NO2/c1-11-12(2)23-17-9-6-15(10-14-4-7-16(21)8-5-14)19(22)18(17)20(11)25-13(3)24/h4-9H,10H2,1-3H3. The Morgan fingerprint density at radius 2 is 1.76 bits per heavy atom. The minimum atomic E-state index is -0.380. The molecule has 128 valence electrons. The molecule has 0 saturated heterocycles. The van der Waals surface area contributed by atoms with Gasteiger partial charge in [-0.05, 0) is 49.6 Å². The van der Waals surface area contributed by atoms with Gasteiger partial charge in [0.1, 0.15) is 5.75 Å². The number of fused-ring (bicyclic) bond motifs is 1. The van der Waals surface area contributed by atoms with Crippen molar-refractivity contribution in [3.8, 4) is 5.75 Å². The maximum Gasteiger partial charge on any atom is 0.308 e. The zero-order chi connectivity index (χ0) is 18.1. The number of esters is 1. The first-order valence-electron chi connectivity index (χ1n) is 7.88. The summed E-state index contributed by atoms with van der Waals surface area (Å²) >= 11 is 12.6. The SMILES string of the molecule is CC(=O)Oc1c(C)c(C)nc2ccc(Cc3ccc(Cl)cc3)c(Cl)c12. The summed E-state index contributed by atoms with van der Waals surface area (Å²) in [5.74, 6) is 0.104. The van der Waals surface area contributed by atoms with Crippen LogP contribution in [0.1, 0.15) is 29.3 Å². The van der Waals surface area contributed by atoms with Crippen LogP contribution in [0.3, 0.4) is 0 Å². The van der Waals surface area contributed by atoms with Crippen LogP contribution in [0.4, 0.5) is 0 Å². The van der Waals surface area contributed by atoms with Crippen LogP contribution in [-0.4, -0.2) is 11.0 Å². The van der Waals surface area contributed by atoms with Crippen molar-refractivity contribution >= 4 is 40.1 Å². The van der Waals surface area contributed by atoms with Crippen LogP contribution < -0.4 is 4.74 Å². The topological polar surface area (TPSA) is 39.2 Å². The number of benzene rings is 2. The van der Waals surface area contributed by atoms with Crippen LogP contribution >= 0.6 is 23.2 Å². The van der Waals surface area contributed by atoms with Gasteiger partial charge in [-0.25, -0.2) is 0 Å².